The molecule has 164 valence electrons. The minimum absolute atomic E-state index is 0.00325. The highest BCUT2D eigenvalue weighted by molar-refractivity contribution is 7.90. The largest absolute Gasteiger partial charge is 0.491 e. The van der Waals surface area contributed by atoms with Crippen LogP contribution in [0.1, 0.15) is 43.5 Å². The minimum Gasteiger partial charge on any atom is -0.491 e. The maximum absolute atomic E-state index is 14.6. The number of aryl methyl sites for hydroxylation is 1. The number of carbonyl (C=O) groups is 1. The van der Waals surface area contributed by atoms with Gasteiger partial charge in [-0.25, -0.2) is 14.1 Å². The predicted octanol–water partition coefficient (Wildman–Crippen LogP) is 4.09. The number of sulfonamides is 1. The summed E-state index contributed by atoms with van der Waals surface area (Å²) in [7, 11) is -2.67. The van der Waals surface area contributed by atoms with E-state index in [0.717, 1.165) is 31.4 Å². The molecule has 0 aliphatic rings. The molecular weight excluding hydrogens is 433 g/mol. The van der Waals surface area contributed by atoms with Gasteiger partial charge in [-0.1, -0.05) is 31.5 Å². The van der Waals surface area contributed by atoms with Gasteiger partial charge in [0, 0.05) is 24.7 Å². The number of rotatable bonds is 10. The lowest BCUT2D eigenvalue weighted by atomic mass is 9.80. The van der Waals surface area contributed by atoms with Crippen molar-refractivity contribution in [2.24, 2.45) is 12.5 Å². The second-order valence-electron chi connectivity index (χ2n) is 7.06. The lowest BCUT2D eigenvalue weighted by molar-refractivity contribution is 0.0977. The fourth-order valence-corrected chi connectivity index (χ4v) is 4.08. The molecule has 1 amide bonds. The normalized spacial score (nSPS) is 11.9. The Balaban J connectivity index is 2.21. The molecule has 0 aliphatic carbocycles. The van der Waals surface area contributed by atoms with E-state index in [0.29, 0.717) is 6.61 Å². The standard InChI is InChI=1S/C20H25ClFN3O4S/c1-5-8-20(6-2,7-3)12-29-17-10-16(22)14(9-15(17)21)19(26)24-30(27,28)18-11-25(4)13-23-18/h5,9-11,13H,1,6-8,12H2,2-4H3,(H,24,26). The summed E-state index contributed by atoms with van der Waals surface area (Å²) in [5.74, 6) is -2.03. The summed E-state index contributed by atoms with van der Waals surface area (Å²) in [6.07, 6.45) is 6.69. The number of amides is 1. The first kappa shape index (κ1) is 23.9. The van der Waals surface area contributed by atoms with Crippen LogP contribution in [0.4, 0.5) is 4.39 Å². The molecule has 10 heteroatoms. The number of benzene rings is 1. The predicted molar refractivity (Wildman–Crippen MR) is 113 cm³/mol. The van der Waals surface area contributed by atoms with Crippen molar-refractivity contribution in [3.63, 3.8) is 0 Å². The van der Waals surface area contributed by atoms with Gasteiger partial charge in [0.05, 0.1) is 23.5 Å². The molecule has 1 aromatic heterocycles. The summed E-state index contributed by atoms with van der Waals surface area (Å²) in [6.45, 7) is 8.14. The van der Waals surface area contributed by atoms with E-state index in [1.165, 1.54) is 17.1 Å². The molecule has 0 unspecified atom stereocenters. The van der Waals surface area contributed by atoms with Crippen LogP contribution >= 0.6 is 11.6 Å². The number of hydrogen-bond donors (Lipinski definition) is 1. The fourth-order valence-electron chi connectivity index (χ4n) is 2.91. The van der Waals surface area contributed by atoms with Gasteiger partial charge in [0.2, 0.25) is 0 Å². The van der Waals surface area contributed by atoms with E-state index >= 15 is 0 Å². The SMILES string of the molecule is C=CCC(CC)(CC)COc1cc(F)c(C(=O)NS(=O)(=O)c2cn(C)cn2)cc1Cl. The number of nitrogens with zero attached hydrogens (tertiary/aromatic N) is 2. The maximum atomic E-state index is 14.6. The molecule has 2 aromatic rings. The van der Waals surface area contributed by atoms with Crippen molar-refractivity contribution in [1.82, 2.24) is 14.3 Å². The van der Waals surface area contributed by atoms with Gasteiger partial charge in [0.15, 0.2) is 5.03 Å². The summed E-state index contributed by atoms with van der Waals surface area (Å²) < 4.78 is 48.0. The minimum atomic E-state index is -4.25. The number of halogens is 2. The Labute approximate surface area is 181 Å². The molecule has 0 aliphatic heterocycles. The highest BCUT2D eigenvalue weighted by Crippen LogP contribution is 2.34. The number of carbonyl (C=O) groups excluding carboxylic acids is 1. The van der Waals surface area contributed by atoms with E-state index in [-0.39, 0.29) is 21.2 Å². The zero-order valence-corrected chi connectivity index (χ0v) is 18.7. The lowest BCUT2D eigenvalue weighted by Crippen LogP contribution is -2.31. The molecule has 0 fully saturated rings. The van der Waals surface area contributed by atoms with Crippen molar-refractivity contribution >= 4 is 27.5 Å². The van der Waals surface area contributed by atoms with E-state index in [1.807, 2.05) is 19.9 Å². The van der Waals surface area contributed by atoms with E-state index < -0.39 is 27.3 Å². The Morgan fingerprint density at radius 2 is 2.07 bits per heavy atom. The number of aromatic nitrogens is 2. The average Bonchev–Trinajstić information content (AvgIpc) is 3.14. The zero-order valence-electron chi connectivity index (χ0n) is 17.1. The van der Waals surface area contributed by atoms with Crippen LogP contribution in [0.2, 0.25) is 5.02 Å². The number of allylic oxidation sites excluding steroid dienone is 1. The highest BCUT2D eigenvalue weighted by Gasteiger charge is 2.27. The smallest absolute Gasteiger partial charge is 0.283 e. The van der Waals surface area contributed by atoms with Crippen LogP contribution in [0.5, 0.6) is 5.75 Å². The maximum Gasteiger partial charge on any atom is 0.283 e. The van der Waals surface area contributed by atoms with Crippen LogP contribution in [0.15, 0.2) is 42.3 Å². The molecule has 0 saturated carbocycles. The van der Waals surface area contributed by atoms with E-state index in [9.17, 15) is 17.6 Å². The Kier molecular flexibility index (Phi) is 7.65. The Hall–Kier alpha value is -2.39. The molecule has 1 N–H and O–H groups in total. The summed E-state index contributed by atoms with van der Waals surface area (Å²) in [6, 6.07) is 2.02. The summed E-state index contributed by atoms with van der Waals surface area (Å²) in [5, 5.41) is -0.362. The molecule has 2 rings (SSSR count). The van der Waals surface area contributed by atoms with Crippen molar-refractivity contribution < 1.29 is 22.3 Å². The van der Waals surface area contributed by atoms with Gasteiger partial charge in [-0.05, 0) is 25.3 Å². The van der Waals surface area contributed by atoms with E-state index in [1.54, 1.807) is 11.8 Å². The zero-order chi connectivity index (χ0) is 22.5. The van der Waals surface area contributed by atoms with Gasteiger partial charge >= 0.3 is 0 Å². The lowest BCUT2D eigenvalue weighted by Gasteiger charge is -2.30. The van der Waals surface area contributed by atoms with Crippen molar-refractivity contribution in [2.45, 2.75) is 38.1 Å². The number of nitrogens with one attached hydrogen (secondary N) is 1. The molecule has 1 heterocycles. The Morgan fingerprint density at radius 3 is 2.60 bits per heavy atom. The molecule has 0 spiro atoms. The van der Waals surface area contributed by atoms with Gasteiger partial charge in [-0.3, -0.25) is 4.79 Å². The van der Waals surface area contributed by atoms with Crippen molar-refractivity contribution in [3.05, 3.63) is 53.7 Å². The molecule has 0 saturated heterocycles. The van der Waals surface area contributed by atoms with Crippen LogP contribution in [-0.4, -0.2) is 30.5 Å². The first-order valence-electron chi connectivity index (χ1n) is 9.35. The number of hydrogen-bond acceptors (Lipinski definition) is 5. The van der Waals surface area contributed by atoms with Crippen LogP contribution < -0.4 is 9.46 Å². The van der Waals surface area contributed by atoms with Crippen molar-refractivity contribution in [2.75, 3.05) is 6.61 Å². The van der Waals surface area contributed by atoms with Gasteiger partial charge in [0.25, 0.3) is 15.9 Å². The molecule has 0 bridgehead atoms. The first-order valence-corrected chi connectivity index (χ1v) is 11.2. The molecule has 1 aromatic carbocycles. The van der Waals surface area contributed by atoms with Crippen molar-refractivity contribution in [1.29, 1.82) is 0 Å². The van der Waals surface area contributed by atoms with Crippen LogP contribution in [0.3, 0.4) is 0 Å². The summed E-state index contributed by atoms with van der Waals surface area (Å²) >= 11 is 6.17. The fraction of sp³-hybridized carbons (Fsp3) is 0.400. The van der Waals surface area contributed by atoms with Gasteiger partial charge in [-0.15, -0.1) is 6.58 Å². The molecule has 0 radical (unpaired) electrons. The van der Waals surface area contributed by atoms with Gasteiger partial charge < -0.3 is 9.30 Å². The quantitative estimate of drug-likeness (QED) is 0.542. The second-order valence-corrected chi connectivity index (χ2v) is 9.10. The third-order valence-corrected chi connectivity index (χ3v) is 6.57. The molecule has 30 heavy (non-hydrogen) atoms. The van der Waals surface area contributed by atoms with Gasteiger partial charge in [0.1, 0.15) is 11.6 Å². The topological polar surface area (TPSA) is 90.3 Å². The average molecular weight is 458 g/mol. The van der Waals surface area contributed by atoms with Crippen LogP contribution in [-0.2, 0) is 17.1 Å². The molecule has 0 atom stereocenters. The second kappa shape index (κ2) is 9.61. The Bertz CT molecular complexity index is 1030. The highest BCUT2D eigenvalue weighted by atomic mass is 35.5. The van der Waals surface area contributed by atoms with Crippen LogP contribution in [0, 0.1) is 11.2 Å². The van der Waals surface area contributed by atoms with Gasteiger partial charge in [-0.2, -0.15) is 8.42 Å². The molecular formula is C20H25ClFN3O4S. The van der Waals surface area contributed by atoms with Crippen molar-refractivity contribution in [3.8, 4) is 5.75 Å². The number of ether oxygens (including phenoxy) is 1. The van der Waals surface area contributed by atoms with E-state index in [4.69, 9.17) is 16.3 Å². The van der Waals surface area contributed by atoms with Crippen LogP contribution in [0.25, 0.3) is 0 Å². The first-order chi connectivity index (χ1) is 14.1. The van der Waals surface area contributed by atoms with E-state index in [2.05, 4.69) is 11.6 Å². The monoisotopic (exact) mass is 457 g/mol. The third-order valence-electron chi connectivity index (χ3n) is 5.06. The molecule has 7 nitrogen and oxygen atoms in total. The Morgan fingerprint density at radius 1 is 1.40 bits per heavy atom. The summed E-state index contributed by atoms with van der Waals surface area (Å²) in [4.78, 5) is 16.0. The number of imidazole rings is 1. The third kappa shape index (κ3) is 5.40. The summed E-state index contributed by atoms with van der Waals surface area (Å²) in [5.41, 5.74) is -0.677.